The molecule has 0 aliphatic heterocycles. The molecule has 1 unspecified atom stereocenters. The smallest absolute Gasteiger partial charge is 0.130 e. The predicted molar refractivity (Wildman–Crippen MR) is 81.2 cm³/mol. The lowest BCUT2D eigenvalue weighted by Crippen LogP contribution is -2.19. The van der Waals surface area contributed by atoms with Crippen LogP contribution in [0.25, 0.3) is 0 Å². The van der Waals surface area contributed by atoms with Crippen molar-refractivity contribution in [3.63, 3.8) is 0 Å². The van der Waals surface area contributed by atoms with Gasteiger partial charge < -0.3 is 14.8 Å². The number of ether oxygens (including phenoxy) is 2. The highest BCUT2D eigenvalue weighted by molar-refractivity contribution is 5.38. The van der Waals surface area contributed by atoms with E-state index in [1.807, 2.05) is 19.1 Å². The van der Waals surface area contributed by atoms with Crippen molar-refractivity contribution in [1.29, 1.82) is 0 Å². The van der Waals surface area contributed by atoms with Gasteiger partial charge in [-0.05, 0) is 30.7 Å². The summed E-state index contributed by atoms with van der Waals surface area (Å²) in [5, 5.41) is 3.20. The molecule has 5 heteroatoms. The molecule has 2 rings (SSSR count). The van der Waals surface area contributed by atoms with Crippen LogP contribution in [0.1, 0.15) is 24.1 Å². The van der Waals surface area contributed by atoms with Crippen molar-refractivity contribution in [3.8, 4) is 11.5 Å². The maximum Gasteiger partial charge on any atom is 0.130 e. The van der Waals surface area contributed by atoms with Crippen LogP contribution in [0.3, 0.4) is 0 Å². The lowest BCUT2D eigenvalue weighted by Gasteiger charge is -2.16. The van der Waals surface area contributed by atoms with E-state index in [1.54, 1.807) is 20.3 Å². The summed E-state index contributed by atoms with van der Waals surface area (Å²) < 4.78 is 37.1. The summed E-state index contributed by atoms with van der Waals surface area (Å²) in [6.07, 6.45) is 0. The summed E-state index contributed by atoms with van der Waals surface area (Å²) >= 11 is 0. The molecule has 0 saturated carbocycles. The van der Waals surface area contributed by atoms with Gasteiger partial charge >= 0.3 is 0 Å². The van der Waals surface area contributed by atoms with Crippen molar-refractivity contribution in [3.05, 3.63) is 59.2 Å². The lowest BCUT2D eigenvalue weighted by molar-refractivity contribution is 0.392. The molecule has 0 spiro atoms. The van der Waals surface area contributed by atoms with Crippen LogP contribution in [0.15, 0.2) is 36.4 Å². The minimum atomic E-state index is -0.578. The molecule has 2 aromatic carbocycles. The van der Waals surface area contributed by atoms with E-state index in [0.717, 1.165) is 11.6 Å². The first kappa shape index (κ1) is 16.2. The number of halogens is 2. The third-order valence-electron chi connectivity index (χ3n) is 3.45. The fourth-order valence-corrected chi connectivity index (χ4v) is 2.20. The first-order chi connectivity index (χ1) is 10.5. The summed E-state index contributed by atoms with van der Waals surface area (Å²) in [7, 11) is 3.17. The first-order valence-electron chi connectivity index (χ1n) is 6.93. The summed E-state index contributed by atoms with van der Waals surface area (Å²) in [5.74, 6) is 0.253. The topological polar surface area (TPSA) is 30.5 Å². The molecule has 0 fully saturated rings. The van der Waals surface area contributed by atoms with Gasteiger partial charge in [0.25, 0.3) is 0 Å². The molecule has 22 heavy (non-hydrogen) atoms. The van der Waals surface area contributed by atoms with Gasteiger partial charge in [0.15, 0.2) is 0 Å². The second-order valence-corrected chi connectivity index (χ2v) is 4.99. The van der Waals surface area contributed by atoms with E-state index in [9.17, 15) is 8.78 Å². The zero-order valence-corrected chi connectivity index (χ0v) is 12.8. The average Bonchev–Trinajstić information content (AvgIpc) is 2.52. The van der Waals surface area contributed by atoms with Gasteiger partial charge in [-0.2, -0.15) is 0 Å². The van der Waals surface area contributed by atoms with Crippen LogP contribution in [0.2, 0.25) is 0 Å². The van der Waals surface area contributed by atoms with E-state index in [-0.39, 0.29) is 6.04 Å². The molecule has 1 N–H and O–H groups in total. The second kappa shape index (κ2) is 7.22. The maximum absolute atomic E-state index is 13.7. The van der Waals surface area contributed by atoms with Crippen molar-refractivity contribution in [2.45, 2.75) is 19.5 Å². The monoisotopic (exact) mass is 307 g/mol. The minimum absolute atomic E-state index is 0.252. The molecule has 1 atom stereocenters. The number of hydrogen-bond donors (Lipinski definition) is 1. The highest BCUT2D eigenvalue weighted by atomic mass is 19.1. The Bertz CT molecular complexity index is 624. The highest BCUT2D eigenvalue weighted by Gasteiger charge is 2.12. The van der Waals surface area contributed by atoms with Crippen molar-refractivity contribution >= 4 is 0 Å². The van der Waals surface area contributed by atoms with E-state index < -0.39 is 11.6 Å². The van der Waals surface area contributed by atoms with E-state index >= 15 is 0 Å². The van der Waals surface area contributed by atoms with E-state index in [1.165, 1.54) is 12.1 Å². The Hall–Kier alpha value is -2.14. The van der Waals surface area contributed by atoms with Gasteiger partial charge in [0.05, 0.1) is 14.2 Å². The standard InChI is InChI=1S/C17H19F2NO2/c1-11(16-5-4-13(18)8-17(16)19)20-10-12-6-14(21-2)9-15(7-12)22-3/h4-9,11,20H,10H2,1-3H3. The number of nitrogens with one attached hydrogen (secondary N) is 1. The SMILES string of the molecule is COc1cc(CNC(C)c2ccc(F)cc2F)cc(OC)c1. The lowest BCUT2D eigenvalue weighted by atomic mass is 10.1. The third kappa shape index (κ3) is 3.95. The van der Waals surface area contributed by atoms with Crippen LogP contribution in [0.4, 0.5) is 8.78 Å². The molecule has 0 heterocycles. The Morgan fingerprint density at radius 1 is 1.00 bits per heavy atom. The molecule has 0 aromatic heterocycles. The molecule has 0 saturated heterocycles. The van der Waals surface area contributed by atoms with Crippen LogP contribution in [-0.4, -0.2) is 14.2 Å². The summed E-state index contributed by atoms with van der Waals surface area (Å²) in [6.45, 7) is 2.33. The molecule has 118 valence electrons. The molecule has 3 nitrogen and oxygen atoms in total. The van der Waals surface area contributed by atoms with Crippen molar-refractivity contribution in [1.82, 2.24) is 5.32 Å². The molecular formula is C17H19F2NO2. The number of rotatable bonds is 6. The largest absolute Gasteiger partial charge is 0.497 e. The molecule has 0 radical (unpaired) electrons. The Morgan fingerprint density at radius 3 is 2.18 bits per heavy atom. The van der Waals surface area contributed by atoms with Gasteiger partial charge in [-0.1, -0.05) is 6.07 Å². The van der Waals surface area contributed by atoms with E-state index in [2.05, 4.69) is 5.32 Å². The van der Waals surface area contributed by atoms with Gasteiger partial charge in [-0.25, -0.2) is 8.78 Å². The molecular weight excluding hydrogens is 288 g/mol. The van der Waals surface area contributed by atoms with Crippen LogP contribution in [0.5, 0.6) is 11.5 Å². The zero-order chi connectivity index (χ0) is 16.1. The van der Waals surface area contributed by atoms with E-state index in [4.69, 9.17) is 9.47 Å². The highest BCUT2D eigenvalue weighted by Crippen LogP contribution is 2.23. The summed E-state index contributed by atoms with van der Waals surface area (Å²) in [4.78, 5) is 0. The molecule has 0 amide bonds. The Balaban J connectivity index is 2.08. The summed E-state index contributed by atoms with van der Waals surface area (Å²) in [6, 6.07) is 8.89. The maximum atomic E-state index is 13.7. The predicted octanol–water partition coefficient (Wildman–Crippen LogP) is 3.83. The number of benzene rings is 2. The van der Waals surface area contributed by atoms with Gasteiger partial charge in [-0.3, -0.25) is 0 Å². The number of methoxy groups -OCH3 is 2. The van der Waals surface area contributed by atoms with Crippen molar-refractivity contribution in [2.24, 2.45) is 0 Å². The van der Waals surface area contributed by atoms with Crippen LogP contribution in [0, 0.1) is 11.6 Å². The van der Waals surface area contributed by atoms with Gasteiger partial charge in [0.2, 0.25) is 0 Å². The number of hydrogen-bond acceptors (Lipinski definition) is 3. The fourth-order valence-electron chi connectivity index (χ4n) is 2.20. The normalized spacial score (nSPS) is 12.0. The van der Waals surface area contributed by atoms with Crippen molar-refractivity contribution in [2.75, 3.05) is 14.2 Å². The van der Waals surface area contributed by atoms with Crippen LogP contribution >= 0.6 is 0 Å². The minimum Gasteiger partial charge on any atom is -0.497 e. The van der Waals surface area contributed by atoms with Gasteiger partial charge in [0.1, 0.15) is 23.1 Å². The molecule has 2 aromatic rings. The van der Waals surface area contributed by atoms with Gasteiger partial charge in [-0.15, -0.1) is 0 Å². The fraction of sp³-hybridized carbons (Fsp3) is 0.294. The quantitative estimate of drug-likeness (QED) is 0.880. The van der Waals surface area contributed by atoms with Crippen LogP contribution < -0.4 is 14.8 Å². The Kier molecular flexibility index (Phi) is 5.33. The summed E-state index contributed by atoms with van der Waals surface area (Å²) in [5.41, 5.74) is 1.38. The Labute approximate surface area is 128 Å². The zero-order valence-electron chi connectivity index (χ0n) is 12.8. The molecule has 0 aliphatic carbocycles. The molecule has 0 aliphatic rings. The first-order valence-corrected chi connectivity index (χ1v) is 6.93. The van der Waals surface area contributed by atoms with Gasteiger partial charge in [0, 0.05) is 30.3 Å². The second-order valence-electron chi connectivity index (χ2n) is 4.99. The molecule has 0 bridgehead atoms. The Morgan fingerprint density at radius 2 is 1.64 bits per heavy atom. The van der Waals surface area contributed by atoms with Crippen molar-refractivity contribution < 1.29 is 18.3 Å². The average molecular weight is 307 g/mol. The van der Waals surface area contributed by atoms with Crippen LogP contribution in [-0.2, 0) is 6.54 Å². The van der Waals surface area contributed by atoms with E-state index in [0.29, 0.717) is 23.6 Å². The third-order valence-corrected chi connectivity index (χ3v) is 3.45.